The molecule has 0 saturated carbocycles. The molecule has 0 radical (unpaired) electrons. The maximum atomic E-state index is 5.46. The van der Waals surface area contributed by atoms with E-state index in [0.29, 0.717) is 12.2 Å². The number of nitrogens with one attached hydrogen (secondary N) is 1. The minimum atomic E-state index is 0.153. The summed E-state index contributed by atoms with van der Waals surface area (Å²) in [5, 5.41) is 3.24. The number of ether oxygens (including phenoxy) is 1. The van der Waals surface area contributed by atoms with E-state index in [9.17, 15) is 0 Å². The third kappa shape index (κ3) is 1.32. The maximum Gasteiger partial charge on any atom is 0.102 e. The summed E-state index contributed by atoms with van der Waals surface area (Å²) in [5.74, 6) is 0. The van der Waals surface area contributed by atoms with E-state index >= 15 is 0 Å². The molecule has 1 aliphatic rings. The molecule has 0 aromatic heterocycles. The Kier molecular flexibility index (Phi) is 2.02. The number of epoxide rings is 1. The second kappa shape index (κ2) is 2.51. The standard InChI is InChI=1S/C8H17NO/c1-5-6-7(10-6)8(2,3)9-4/h6-7,9H,5H2,1-4H3. The van der Waals surface area contributed by atoms with Crippen LogP contribution < -0.4 is 5.32 Å². The molecule has 1 N–H and O–H groups in total. The predicted molar refractivity (Wildman–Crippen MR) is 42.1 cm³/mol. The number of likely N-dealkylation sites (N-methyl/N-ethyl adjacent to an activating group) is 1. The van der Waals surface area contributed by atoms with Crippen LogP contribution in [0.5, 0.6) is 0 Å². The molecule has 1 saturated heterocycles. The Labute approximate surface area is 63.0 Å². The molecule has 2 heteroatoms. The van der Waals surface area contributed by atoms with Crippen LogP contribution in [0.4, 0.5) is 0 Å². The molecular formula is C8H17NO. The molecule has 1 fully saturated rings. The minimum absolute atomic E-state index is 0.153. The lowest BCUT2D eigenvalue weighted by molar-refractivity contribution is 0.278. The summed E-state index contributed by atoms with van der Waals surface area (Å²) in [5.41, 5.74) is 0.153. The van der Waals surface area contributed by atoms with Crippen LogP contribution in [-0.2, 0) is 4.74 Å². The lowest BCUT2D eigenvalue weighted by Crippen LogP contribution is -2.42. The van der Waals surface area contributed by atoms with E-state index in [-0.39, 0.29) is 5.54 Å². The van der Waals surface area contributed by atoms with Crippen LogP contribution in [0.3, 0.4) is 0 Å². The van der Waals surface area contributed by atoms with Crippen molar-refractivity contribution in [2.45, 2.75) is 44.9 Å². The molecule has 0 aromatic rings. The molecule has 0 amide bonds. The van der Waals surface area contributed by atoms with E-state index < -0.39 is 0 Å². The third-order valence-electron chi connectivity index (χ3n) is 2.34. The molecule has 2 nitrogen and oxygen atoms in total. The van der Waals surface area contributed by atoms with Gasteiger partial charge < -0.3 is 10.1 Å². The summed E-state index contributed by atoms with van der Waals surface area (Å²) >= 11 is 0. The van der Waals surface area contributed by atoms with Crippen molar-refractivity contribution in [1.82, 2.24) is 5.32 Å². The maximum absolute atomic E-state index is 5.46. The Morgan fingerprint density at radius 3 is 2.40 bits per heavy atom. The third-order valence-corrected chi connectivity index (χ3v) is 2.34. The van der Waals surface area contributed by atoms with Crippen LogP contribution in [0, 0.1) is 0 Å². The van der Waals surface area contributed by atoms with Gasteiger partial charge in [-0.25, -0.2) is 0 Å². The van der Waals surface area contributed by atoms with Gasteiger partial charge in [0.25, 0.3) is 0 Å². The molecule has 0 spiro atoms. The second-order valence-corrected chi connectivity index (χ2v) is 3.48. The number of hydrogen-bond acceptors (Lipinski definition) is 2. The van der Waals surface area contributed by atoms with Crippen LogP contribution in [0.1, 0.15) is 27.2 Å². The molecule has 2 unspecified atom stereocenters. The first-order valence-electron chi connectivity index (χ1n) is 3.96. The van der Waals surface area contributed by atoms with Crippen molar-refractivity contribution in [2.24, 2.45) is 0 Å². The zero-order valence-corrected chi connectivity index (χ0v) is 7.27. The predicted octanol–water partition coefficient (Wildman–Crippen LogP) is 1.16. The largest absolute Gasteiger partial charge is 0.368 e. The Bertz CT molecular complexity index is 122. The molecule has 1 rings (SSSR count). The first-order valence-corrected chi connectivity index (χ1v) is 3.96. The monoisotopic (exact) mass is 143 g/mol. The van der Waals surface area contributed by atoms with E-state index in [1.54, 1.807) is 0 Å². The molecule has 0 bridgehead atoms. The van der Waals surface area contributed by atoms with Gasteiger partial charge in [-0.05, 0) is 27.3 Å². The summed E-state index contributed by atoms with van der Waals surface area (Å²) in [6.45, 7) is 6.51. The SMILES string of the molecule is CCC1OC1C(C)(C)NC. The van der Waals surface area contributed by atoms with Gasteiger partial charge in [-0.15, -0.1) is 0 Å². The zero-order chi connectivity index (χ0) is 7.78. The van der Waals surface area contributed by atoms with Gasteiger partial charge in [-0.2, -0.15) is 0 Å². The van der Waals surface area contributed by atoms with Gasteiger partial charge in [0.15, 0.2) is 0 Å². The molecule has 0 aromatic carbocycles. The molecular weight excluding hydrogens is 126 g/mol. The fraction of sp³-hybridized carbons (Fsp3) is 1.00. The summed E-state index contributed by atoms with van der Waals surface area (Å²) in [4.78, 5) is 0. The fourth-order valence-electron chi connectivity index (χ4n) is 1.23. The number of rotatable bonds is 3. The normalized spacial score (nSPS) is 32.4. The van der Waals surface area contributed by atoms with E-state index in [4.69, 9.17) is 4.74 Å². The Balaban J connectivity index is 2.37. The van der Waals surface area contributed by atoms with Crippen LogP contribution >= 0.6 is 0 Å². The molecule has 1 heterocycles. The fourth-order valence-corrected chi connectivity index (χ4v) is 1.23. The summed E-state index contributed by atoms with van der Waals surface area (Å²) < 4.78 is 5.46. The topological polar surface area (TPSA) is 24.6 Å². The Hall–Kier alpha value is -0.0800. The molecule has 2 atom stereocenters. The van der Waals surface area contributed by atoms with Gasteiger partial charge >= 0.3 is 0 Å². The Morgan fingerprint density at radius 1 is 1.50 bits per heavy atom. The first-order chi connectivity index (χ1) is 4.61. The van der Waals surface area contributed by atoms with Crippen LogP contribution in [0.25, 0.3) is 0 Å². The quantitative estimate of drug-likeness (QED) is 0.600. The lowest BCUT2D eigenvalue weighted by Gasteiger charge is -2.21. The van der Waals surface area contributed by atoms with E-state index in [1.807, 2.05) is 7.05 Å². The zero-order valence-electron chi connectivity index (χ0n) is 7.27. The summed E-state index contributed by atoms with van der Waals surface area (Å²) in [6.07, 6.45) is 2.07. The van der Waals surface area contributed by atoms with Crippen molar-refractivity contribution in [3.05, 3.63) is 0 Å². The van der Waals surface area contributed by atoms with Crippen molar-refractivity contribution >= 4 is 0 Å². The smallest absolute Gasteiger partial charge is 0.102 e. The average molecular weight is 143 g/mol. The van der Waals surface area contributed by atoms with E-state index in [2.05, 4.69) is 26.1 Å². The molecule has 1 aliphatic heterocycles. The Morgan fingerprint density at radius 2 is 2.10 bits per heavy atom. The van der Waals surface area contributed by atoms with E-state index in [0.717, 1.165) is 6.42 Å². The summed E-state index contributed by atoms with van der Waals surface area (Å²) in [7, 11) is 1.98. The lowest BCUT2D eigenvalue weighted by atomic mass is 9.98. The molecule has 0 aliphatic carbocycles. The second-order valence-electron chi connectivity index (χ2n) is 3.48. The van der Waals surface area contributed by atoms with Gasteiger partial charge in [0.2, 0.25) is 0 Å². The minimum Gasteiger partial charge on any atom is -0.368 e. The van der Waals surface area contributed by atoms with Crippen LogP contribution in [0.15, 0.2) is 0 Å². The van der Waals surface area contributed by atoms with Crippen molar-refractivity contribution in [3.63, 3.8) is 0 Å². The highest BCUT2D eigenvalue weighted by atomic mass is 16.6. The molecule has 60 valence electrons. The summed E-state index contributed by atoms with van der Waals surface area (Å²) in [6, 6.07) is 0. The highest BCUT2D eigenvalue weighted by Crippen LogP contribution is 2.33. The van der Waals surface area contributed by atoms with Gasteiger partial charge in [-0.3, -0.25) is 0 Å². The first kappa shape index (κ1) is 8.02. The van der Waals surface area contributed by atoms with Crippen molar-refractivity contribution in [3.8, 4) is 0 Å². The van der Waals surface area contributed by atoms with Crippen molar-refractivity contribution in [1.29, 1.82) is 0 Å². The van der Waals surface area contributed by atoms with Crippen molar-refractivity contribution in [2.75, 3.05) is 7.05 Å². The highest BCUT2D eigenvalue weighted by Gasteiger charge is 2.47. The molecule has 10 heavy (non-hydrogen) atoms. The van der Waals surface area contributed by atoms with Gasteiger partial charge in [0.05, 0.1) is 6.10 Å². The van der Waals surface area contributed by atoms with E-state index in [1.165, 1.54) is 0 Å². The van der Waals surface area contributed by atoms with Crippen LogP contribution in [0.2, 0.25) is 0 Å². The van der Waals surface area contributed by atoms with Gasteiger partial charge in [0.1, 0.15) is 6.10 Å². The van der Waals surface area contributed by atoms with Gasteiger partial charge in [0, 0.05) is 5.54 Å². The van der Waals surface area contributed by atoms with Crippen LogP contribution in [-0.4, -0.2) is 24.8 Å². The highest BCUT2D eigenvalue weighted by molar-refractivity contribution is 4.99. The number of hydrogen-bond donors (Lipinski definition) is 1. The average Bonchev–Trinajstić information content (AvgIpc) is 2.66. The van der Waals surface area contributed by atoms with Crippen molar-refractivity contribution < 1.29 is 4.74 Å². The van der Waals surface area contributed by atoms with Gasteiger partial charge in [-0.1, -0.05) is 6.92 Å².